The lowest BCUT2D eigenvalue weighted by atomic mass is 9.71. The lowest BCUT2D eigenvalue weighted by Gasteiger charge is -2.34. The first-order chi connectivity index (χ1) is 18.9. The third kappa shape index (κ3) is 7.90. The van der Waals surface area contributed by atoms with Crippen LogP contribution in [0.15, 0.2) is 24.3 Å². The number of fused-ring (bicyclic) bond motifs is 1. The van der Waals surface area contributed by atoms with E-state index >= 15 is 0 Å². The molecule has 0 saturated heterocycles. The summed E-state index contributed by atoms with van der Waals surface area (Å²) in [5, 5.41) is 23.6. The van der Waals surface area contributed by atoms with E-state index in [4.69, 9.17) is 0 Å². The molecule has 40 heavy (non-hydrogen) atoms. The van der Waals surface area contributed by atoms with Crippen molar-refractivity contribution in [2.24, 2.45) is 17.3 Å². The highest BCUT2D eigenvalue weighted by molar-refractivity contribution is 6.02. The minimum atomic E-state index is -1.39. The molecule has 1 aromatic carbocycles. The zero-order valence-corrected chi connectivity index (χ0v) is 23.9. The van der Waals surface area contributed by atoms with Crippen molar-refractivity contribution >= 4 is 35.2 Å². The molecule has 220 valence electrons. The number of ketones is 1. The van der Waals surface area contributed by atoms with Crippen LogP contribution in [0.3, 0.4) is 0 Å². The number of aryl methyl sites for hydroxylation is 1. The highest BCUT2D eigenvalue weighted by Crippen LogP contribution is 2.46. The van der Waals surface area contributed by atoms with Crippen LogP contribution in [0.1, 0.15) is 63.4 Å². The number of carboxylic acids is 2. The fraction of sp³-hybridized carbons (Fsp3) is 0.633. The summed E-state index contributed by atoms with van der Waals surface area (Å²) >= 11 is 0. The van der Waals surface area contributed by atoms with Crippen molar-refractivity contribution in [3.8, 4) is 0 Å². The van der Waals surface area contributed by atoms with Crippen molar-refractivity contribution in [3.63, 3.8) is 0 Å². The van der Waals surface area contributed by atoms with Crippen LogP contribution in [0, 0.1) is 17.3 Å². The maximum absolute atomic E-state index is 13.9. The monoisotopic (exact) mass is 555 g/mol. The number of para-hydroxylation sites is 1. The average molecular weight is 556 g/mol. The summed E-state index contributed by atoms with van der Waals surface area (Å²) in [6, 6.07) is 7.08. The van der Waals surface area contributed by atoms with Gasteiger partial charge < -0.3 is 34.5 Å². The second-order valence-corrected chi connectivity index (χ2v) is 11.7. The molecule has 0 unspecified atom stereocenters. The normalized spacial score (nSPS) is 19.1. The van der Waals surface area contributed by atoms with Crippen molar-refractivity contribution in [2.45, 2.75) is 64.2 Å². The van der Waals surface area contributed by atoms with Gasteiger partial charge >= 0.3 is 0 Å². The Morgan fingerprint density at radius 1 is 1.05 bits per heavy atom. The molecule has 0 spiro atoms. The predicted octanol–water partition coefficient (Wildman–Crippen LogP) is 0.408. The van der Waals surface area contributed by atoms with Crippen LogP contribution in [-0.4, -0.2) is 80.1 Å². The summed E-state index contributed by atoms with van der Waals surface area (Å²) in [5.41, 5.74) is 0.382. The van der Waals surface area contributed by atoms with Crippen LogP contribution in [0.5, 0.6) is 0 Å². The molecule has 2 atom stereocenters. The van der Waals surface area contributed by atoms with Gasteiger partial charge in [-0.25, -0.2) is 0 Å². The van der Waals surface area contributed by atoms with Crippen LogP contribution >= 0.6 is 0 Å². The first-order valence-electron chi connectivity index (χ1n) is 14.2. The number of hydrogen-bond acceptors (Lipinski definition) is 8. The van der Waals surface area contributed by atoms with Crippen molar-refractivity contribution in [1.82, 2.24) is 9.80 Å². The number of hydrogen-bond donors (Lipinski definition) is 0. The van der Waals surface area contributed by atoms with Gasteiger partial charge in [0.1, 0.15) is 5.78 Å². The van der Waals surface area contributed by atoms with Crippen LogP contribution in [0.4, 0.5) is 5.69 Å². The molecule has 10 heteroatoms. The van der Waals surface area contributed by atoms with Gasteiger partial charge in [-0.1, -0.05) is 31.0 Å². The number of Topliss-reactive ketones (excluding diaryl/α,β-unsaturated/α-hetero) is 1. The van der Waals surface area contributed by atoms with Gasteiger partial charge in [0.2, 0.25) is 11.8 Å². The van der Waals surface area contributed by atoms with Crippen LogP contribution in [0.2, 0.25) is 0 Å². The smallest absolute Gasteiger partial charge is 0.230 e. The maximum atomic E-state index is 13.9. The molecular weight excluding hydrogens is 514 g/mol. The summed E-state index contributed by atoms with van der Waals surface area (Å²) in [5.74, 6) is -5.53. The number of amides is 2. The van der Waals surface area contributed by atoms with Crippen molar-refractivity contribution in [3.05, 3.63) is 29.8 Å². The molecule has 1 aliphatic heterocycles. The Labute approximate surface area is 236 Å². The molecule has 3 rings (SSSR count). The Bertz CT molecular complexity index is 1100. The first kappa shape index (κ1) is 31.3. The van der Waals surface area contributed by atoms with Gasteiger partial charge in [-0.15, -0.1) is 0 Å². The number of rotatable bonds is 14. The van der Waals surface area contributed by atoms with Gasteiger partial charge in [-0.05, 0) is 70.8 Å². The summed E-state index contributed by atoms with van der Waals surface area (Å²) in [6.07, 6.45) is 3.78. The molecule has 2 amide bonds. The van der Waals surface area contributed by atoms with Gasteiger partial charge in [-0.2, -0.15) is 0 Å². The number of carbonyl (C=O) groups excluding carboxylic acids is 5. The van der Waals surface area contributed by atoms with E-state index in [2.05, 4.69) is 0 Å². The van der Waals surface area contributed by atoms with Crippen molar-refractivity contribution in [2.75, 3.05) is 45.7 Å². The number of aliphatic carboxylic acids is 2. The van der Waals surface area contributed by atoms with Crippen molar-refractivity contribution < 1.29 is 34.2 Å². The number of carbonyl (C=O) groups is 5. The van der Waals surface area contributed by atoms with Gasteiger partial charge in [0.25, 0.3) is 0 Å². The fourth-order valence-electron chi connectivity index (χ4n) is 6.17. The van der Waals surface area contributed by atoms with Gasteiger partial charge in [0.15, 0.2) is 0 Å². The van der Waals surface area contributed by atoms with E-state index < -0.39 is 41.6 Å². The fourth-order valence-corrected chi connectivity index (χ4v) is 6.17. The number of carboxylic acid groups (broad SMARTS) is 2. The quantitative estimate of drug-likeness (QED) is 0.321. The lowest BCUT2D eigenvalue weighted by molar-refractivity contribution is -0.312. The Balaban J connectivity index is 1.74. The standard InChI is InChI=1S/C30H43N3O7/c1-31(2)15-8-16-32(3)26(35)18-23(29(39)40)19-30(13-6-7-14-30)25(34)17-22-12-11-21-9-4-5-10-24(21)33(28(22)38)20-27(36)37/h4-5,9-10,22-23H,6-8,11-20H2,1-3H3,(H,36,37)(H,39,40)/p-2/t22-,23-/m1/s1. The second-order valence-electron chi connectivity index (χ2n) is 11.7. The molecule has 1 heterocycles. The molecule has 1 aliphatic carbocycles. The Hall–Kier alpha value is -3.27. The molecule has 1 saturated carbocycles. The van der Waals surface area contributed by atoms with Crippen LogP contribution in [-0.2, 0) is 30.4 Å². The number of anilines is 1. The van der Waals surface area contributed by atoms with E-state index in [0.29, 0.717) is 37.9 Å². The zero-order chi connectivity index (χ0) is 29.4. The molecule has 0 radical (unpaired) electrons. The molecule has 0 N–H and O–H groups in total. The van der Waals surface area contributed by atoms with E-state index in [1.54, 1.807) is 19.2 Å². The van der Waals surface area contributed by atoms with Gasteiger partial charge in [0, 0.05) is 55.3 Å². The molecule has 1 aromatic rings. The summed E-state index contributed by atoms with van der Waals surface area (Å²) in [6.45, 7) is 0.683. The molecule has 10 nitrogen and oxygen atoms in total. The zero-order valence-electron chi connectivity index (χ0n) is 23.9. The Morgan fingerprint density at radius 3 is 2.35 bits per heavy atom. The molecule has 2 aliphatic rings. The van der Waals surface area contributed by atoms with Crippen LogP contribution < -0.4 is 15.1 Å². The Kier molecular flexibility index (Phi) is 10.8. The predicted molar refractivity (Wildman–Crippen MR) is 145 cm³/mol. The first-order valence-corrected chi connectivity index (χ1v) is 14.2. The third-order valence-corrected chi connectivity index (χ3v) is 8.45. The molecule has 0 aromatic heterocycles. The van der Waals surface area contributed by atoms with Crippen molar-refractivity contribution in [1.29, 1.82) is 0 Å². The van der Waals surface area contributed by atoms with E-state index in [0.717, 1.165) is 31.4 Å². The molecular formula is C30H41N3O7-2. The minimum Gasteiger partial charge on any atom is -0.550 e. The SMILES string of the molecule is CN(C)CCCN(C)C(=O)C[C@H](CC1(C(=O)C[C@H]2CCc3ccccc3N(CC(=O)[O-])C2=O)CCCC1)C(=O)[O-]. The van der Waals surface area contributed by atoms with E-state index in [1.807, 2.05) is 31.1 Å². The number of nitrogens with zero attached hydrogens (tertiary/aromatic N) is 3. The number of benzene rings is 1. The molecule has 1 fully saturated rings. The topological polar surface area (TPSA) is 141 Å². The Morgan fingerprint density at radius 2 is 1.73 bits per heavy atom. The van der Waals surface area contributed by atoms with E-state index in [-0.39, 0.29) is 31.0 Å². The summed E-state index contributed by atoms with van der Waals surface area (Å²) in [4.78, 5) is 68.5. The third-order valence-electron chi connectivity index (χ3n) is 8.45. The van der Waals surface area contributed by atoms with Gasteiger partial charge in [-0.3, -0.25) is 14.4 Å². The van der Waals surface area contributed by atoms with E-state index in [1.165, 1.54) is 9.80 Å². The largest absolute Gasteiger partial charge is 0.550 e. The summed E-state index contributed by atoms with van der Waals surface area (Å²) < 4.78 is 0. The van der Waals surface area contributed by atoms with E-state index in [9.17, 15) is 34.2 Å². The highest BCUT2D eigenvalue weighted by Gasteiger charge is 2.45. The lowest BCUT2D eigenvalue weighted by Crippen LogP contribution is -2.45. The minimum absolute atomic E-state index is 0.00462. The second kappa shape index (κ2) is 13.9. The molecule has 0 bridgehead atoms. The van der Waals surface area contributed by atoms with Crippen LogP contribution in [0.25, 0.3) is 0 Å². The average Bonchev–Trinajstić information content (AvgIpc) is 3.34. The summed E-state index contributed by atoms with van der Waals surface area (Å²) in [7, 11) is 5.53. The van der Waals surface area contributed by atoms with Gasteiger partial charge in [0.05, 0.1) is 12.5 Å². The highest BCUT2D eigenvalue weighted by atomic mass is 16.4. The maximum Gasteiger partial charge on any atom is 0.230 e.